The van der Waals surface area contributed by atoms with Crippen molar-refractivity contribution in [2.75, 3.05) is 18.5 Å². The summed E-state index contributed by atoms with van der Waals surface area (Å²) < 4.78 is 7.27. The summed E-state index contributed by atoms with van der Waals surface area (Å²) in [4.78, 5) is 12.1. The Morgan fingerprint density at radius 1 is 1.57 bits per heavy atom. The quantitative estimate of drug-likeness (QED) is 0.877. The Kier molecular flexibility index (Phi) is 4.88. The van der Waals surface area contributed by atoms with Crippen LogP contribution in [0.15, 0.2) is 6.20 Å². The molecule has 1 saturated heterocycles. The molecule has 21 heavy (non-hydrogen) atoms. The molecule has 0 aromatic carbocycles. The van der Waals surface area contributed by atoms with Crippen LogP contribution in [0.25, 0.3) is 0 Å². The fourth-order valence-corrected chi connectivity index (χ4v) is 2.37. The summed E-state index contributed by atoms with van der Waals surface area (Å²) in [7, 11) is 0. The minimum absolute atomic E-state index is 0.200. The Bertz CT molecular complexity index is 490. The van der Waals surface area contributed by atoms with Crippen molar-refractivity contribution in [2.45, 2.75) is 52.6 Å². The number of hydrogen-bond donors (Lipinski definition) is 2. The van der Waals surface area contributed by atoms with E-state index in [4.69, 9.17) is 4.74 Å². The summed E-state index contributed by atoms with van der Waals surface area (Å²) in [6, 6.07) is -0.200. The van der Waals surface area contributed by atoms with Crippen LogP contribution < -0.4 is 10.6 Å². The van der Waals surface area contributed by atoms with Crippen molar-refractivity contribution in [2.24, 2.45) is 5.92 Å². The van der Waals surface area contributed by atoms with Gasteiger partial charge in [0.15, 0.2) is 0 Å². The van der Waals surface area contributed by atoms with E-state index >= 15 is 0 Å². The first kappa shape index (κ1) is 15.8. The zero-order valence-corrected chi connectivity index (χ0v) is 13.4. The van der Waals surface area contributed by atoms with Gasteiger partial charge in [-0.15, -0.1) is 0 Å². The third-order valence-corrected chi connectivity index (χ3v) is 3.90. The van der Waals surface area contributed by atoms with Crippen LogP contribution in [0.2, 0.25) is 0 Å². The molecular weight excluding hydrogens is 268 g/mol. The van der Waals surface area contributed by atoms with Crippen molar-refractivity contribution in [1.29, 1.82) is 0 Å². The third kappa shape index (κ3) is 4.20. The van der Waals surface area contributed by atoms with Crippen LogP contribution in [0.1, 0.15) is 39.3 Å². The van der Waals surface area contributed by atoms with Crippen molar-refractivity contribution in [3.05, 3.63) is 11.9 Å². The maximum atomic E-state index is 12.1. The van der Waals surface area contributed by atoms with E-state index in [-0.39, 0.29) is 11.6 Å². The number of aryl methyl sites for hydroxylation is 1. The van der Waals surface area contributed by atoms with E-state index < -0.39 is 0 Å². The van der Waals surface area contributed by atoms with Gasteiger partial charge in [-0.1, -0.05) is 13.8 Å². The average molecular weight is 294 g/mol. The maximum absolute atomic E-state index is 12.1. The van der Waals surface area contributed by atoms with Gasteiger partial charge in [-0.05, 0) is 32.6 Å². The van der Waals surface area contributed by atoms with Crippen molar-refractivity contribution in [1.82, 2.24) is 15.1 Å². The molecule has 1 aliphatic heterocycles. The lowest BCUT2D eigenvalue weighted by Crippen LogP contribution is -2.48. The third-order valence-electron chi connectivity index (χ3n) is 3.90. The lowest BCUT2D eigenvalue weighted by atomic mass is 10.0. The first-order chi connectivity index (χ1) is 9.89. The predicted octanol–water partition coefficient (Wildman–Crippen LogP) is 2.54. The number of urea groups is 1. The second-order valence-electron chi connectivity index (χ2n) is 6.49. The Labute approximate surface area is 126 Å². The summed E-state index contributed by atoms with van der Waals surface area (Å²) in [5.41, 5.74) is 1.48. The van der Waals surface area contributed by atoms with E-state index in [1.807, 2.05) is 18.5 Å². The van der Waals surface area contributed by atoms with Crippen LogP contribution in [-0.4, -0.2) is 34.6 Å². The first-order valence-electron chi connectivity index (χ1n) is 7.59. The van der Waals surface area contributed by atoms with Crippen LogP contribution in [0.4, 0.5) is 10.5 Å². The fourth-order valence-electron chi connectivity index (χ4n) is 2.37. The summed E-state index contributed by atoms with van der Waals surface area (Å²) in [5, 5.41) is 10.2. The lowest BCUT2D eigenvalue weighted by molar-refractivity contribution is 0.172. The molecule has 0 radical (unpaired) electrons. The number of carbonyl (C=O) groups excluding carboxylic acids is 1. The number of nitrogens with zero attached hydrogens (tertiary/aromatic N) is 2. The molecule has 1 aliphatic rings. The van der Waals surface area contributed by atoms with Gasteiger partial charge in [0.2, 0.25) is 0 Å². The van der Waals surface area contributed by atoms with E-state index in [1.165, 1.54) is 0 Å². The Morgan fingerprint density at radius 2 is 2.33 bits per heavy atom. The van der Waals surface area contributed by atoms with Gasteiger partial charge in [0.1, 0.15) is 0 Å². The minimum Gasteiger partial charge on any atom is -0.379 e. The zero-order chi connectivity index (χ0) is 15.5. The molecule has 0 aliphatic carbocycles. The van der Waals surface area contributed by atoms with Gasteiger partial charge in [-0.2, -0.15) is 5.10 Å². The van der Waals surface area contributed by atoms with Crippen molar-refractivity contribution < 1.29 is 9.53 Å². The van der Waals surface area contributed by atoms with Gasteiger partial charge in [-0.25, -0.2) is 4.79 Å². The van der Waals surface area contributed by atoms with Crippen molar-refractivity contribution in [3.63, 3.8) is 0 Å². The molecule has 2 N–H and O–H groups in total. The molecule has 0 bridgehead atoms. The van der Waals surface area contributed by atoms with E-state index in [0.29, 0.717) is 19.1 Å². The van der Waals surface area contributed by atoms with Gasteiger partial charge in [0.25, 0.3) is 0 Å². The first-order valence-corrected chi connectivity index (χ1v) is 7.59. The van der Waals surface area contributed by atoms with E-state index in [0.717, 1.165) is 30.8 Å². The molecule has 1 aromatic rings. The molecule has 6 nitrogen and oxygen atoms in total. The Balaban J connectivity index is 1.92. The number of carbonyl (C=O) groups is 1. The summed E-state index contributed by atoms with van der Waals surface area (Å²) in [6.07, 6.45) is 3.62. The molecule has 0 spiro atoms. The number of hydrogen-bond acceptors (Lipinski definition) is 3. The number of aromatic nitrogens is 2. The Hall–Kier alpha value is -1.56. The number of nitrogens with one attached hydrogen (secondary N) is 2. The smallest absolute Gasteiger partial charge is 0.319 e. The maximum Gasteiger partial charge on any atom is 0.319 e. The number of amides is 2. The van der Waals surface area contributed by atoms with Crippen LogP contribution in [-0.2, 0) is 11.3 Å². The topological polar surface area (TPSA) is 68.2 Å². The lowest BCUT2D eigenvalue weighted by Gasteiger charge is -2.23. The van der Waals surface area contributed by atoms with Gasteiger partial charge in [0, 0.05) is 13.2 Å². The van der Waals surface area contributed by atoms with Crippen molar-refractivity contribution in [3.8, 4) is 0 Å². The molecule has 0 unspecified atom stereocenters. The van der Waals surface area contributed by atoms with Crippen LogP contribution in [0.5, 0.6) is 0 Å². The summed E-state index contributed by atoms with van der Waals surface area (Å²) in [5.74, 6) is 0.635. The molecule has 2 heterocycles. The highest BCUT2D eigenvalue weighted by Gasteiger charge is 2.31. The monoisotopic (exact) mass is 294 g/mol. The Morgan fingerprint density at radius 3 is 2.95 bits per heavy atom. The predicted molar refractivity (Wildman–Crippen MR) is 82.4 cm³/mol. The van der Waals surface area contributed by atoms with Crippen LogP contribution >= 0.6 is 0 Å². The molecule has 0 saturated carbocycles. The largest absolute Gasteiger partial charge is 0.379 e. The number of ether oxygens (including phenoxy) is 1. The van der Waals surface area contributed by atoms with E-state index in [2.05, 4.69) is 29.6 Å². The van der Waals surface area contributed by atoms with Gasteiger partial charge < -0.3 is 15.4 Å². The van der Waals surface area contributed by atoms with Gasteiger partial charge in [-0.3, -0.25) is 4.68 Å². The molecule has 118 valence electrons. The van der Waals surface area contributed by atoms with E-state index in [9.17, 15) is 4.79 Å². The number of anilines is 1. The molecule has 2 amide bonds. The van der Waals surface area contributed by atoms with Crippen LogP contribution in [0, 0.1) is 12.8 Å². The number of rotatable bonds is 5. The molecule has 2 rings (SSSR count). The second kappa shape index (κ2) is 6.47. The second-order valence-corrected chi connectivity index (χ2v) is 6.49. The molecular formula is C15H26N4O2. The highest BCUT2D eigenvalue weighted by molar-refractivity contribution is 5.90. The SMILES string of the molecule is Cc1c(NC(=O)N[C@@]2(C)CCOC2)cnn1CCC(C)C. The molecule has 6 heteroatoms. The fraction of sp³-hybridized carbons (Fsp3) is 0.733. The highest BCUT2D eigenvalue weighted by Crippen LogP contribution is 2.19. The molecule has 1 fully saturated rings. The summed E-state index contributed by atoms with van der Waals surface area (Å²) >= 11 is 0. The minimum atomic E-state index is -0.272. The van der Waals surface area contributed by atoms with Gasteiger partial charge in [0.05, 0.1) is 29.7 Å². The molecule has 1 aromatic heterocycles. The standard InChI is InChI=1S/C15H26N4O2/c1-11(2)5-7-19-12(3)13(9-16-19)17-14(20)18-15(4)6-8-21-10-15/h9,11H,5-8,10H2,1-4H3,(H2,17,18,20)/t15-/m0/s1. The normalized spacial score (nSPS) is 21.8. The van der Waals surface area contributed by atoms with Gasteiger partial charge >= 0.3 is 6.03 Å². The highest BCUT2D eigenvalue weighted by atomic mass is 16.5. The van der Waals surface area contributed by atoms with E-state index in [1.54, 1.807) is 6.20 Å². The summed E-state index contributed by atoms with van der Waals surface area (Å²) in [6.45, 7) is 10.5. The van der Waals surface area contributed by atoms with Crippen molar-refractivity contribution >= 4 is 11.7 Å². The van der Waals surface area contributed by atoms with Crippen LogP contribution in [0.3, 0.4) is 0 Å². The molecule has 1 atom stereocenters. The average Bonchev–Trinajstić information content (AvgIpc) is 2.95. The zero-order valence-electron chi connectivity index (χ0n) is 13.4.